The number of hydrogen-bond acceptors (Lipinski definition) is 4. The number of benzene rings is 3. The Labute approximate surface area is 212 Å². The van der Waals surface area contributed by atoms with E-state index in [0.29, 0.717) is 11.6 Å². The third-order valence-corrected chi connectivity index (χ3v) is 5.94. The van der Waals surface area contributed by atoms with Crippen molar-refractivity contribution in [3.8, 4) is 34.2 Å². The maximum Gasteiger partial charge on any atom is 0.127 e. The number of hydrogen-bond donors (Lipinski definition) is 1. The van der Waals surface area contributed by atoms with Crippen LogP contribution in [0.3, 0.4) is 0 Å². The van der Waals surface area contributed by atoms with E-state index in [1.54, 1.807) is 0 Å². The van der Waals surface area contributed by atoms with Crippen molar-refractivity contribution in [2.24, 2.45) is 0 Å². The molecule has 0 aliphatic rings. The minimum atomic E-state index is 0.690. The van der Waals surface area contributed by atoms with E-state index >= 15 is 0 Å². The van der Waals surface area contributed by atoms with Gasteiger partial charge in [-0.05, 0) is 99.2 Å². The summed E-state index contributed by atoms with van der Waals surface area (Å²) in [7, 11) is 1.95. The third-order valence-electron chi connectivity index (χ3n) is 5.69. The topological polar surface area (TPSA) is 48.3 Å². The molecule has 0 bridgehead atoms. The SMILES string of the molecule is CCCCc1nc(-c2ccc(OCCCNC)cc2)cn1-c1ccc(Oc2ccc(Cl)cc2)cc1. The fraction of sp³-hybridized carbons (Fsp3) is 0.276. The first kappa shape index (κ1) is 24.8. The molecule has 0 fully saturated rings. The van der Waals surface area contributed by atoms with Crippen molar-refractivity contribution in [2.75, 3.05) is 20.2 Å². The van der Waals surface area contributed by atoms with E-state index in [1.807, 2.05) is 55.6 Å². The molecule has 0 atom stereocenters. The summed E-state index contributed by atoms with van der Waals surface area (Å²) < 4.78 is 14.0. The summed E-state index contributed by atoms with van der Waals surface area (Å²) >= 11 is 5.97. The number of imidazole rings is 1. The minimum Gasteiger partial charge on any atom is -0.494 e. The van der Waals surface area contributed by atoms with Gasteiger partial charge < -0.3 is 19.4 Å². The molecule has 3 aromatic carbocycles. The summed E-state index contributed by atoms with van der Waals surface area (Å²) in [5, 5.41) is 3.82. The van der Waals surface area contributed by atoms with Gasteiger partial charge in [-0.15, -0.1) is 0 Å². The molecule has 1 N–H and O–H groups in total. The smallest absolute Gasteiger partial charge is 0.127 e. The number of nitrogens with one attached hydrogen (secondary N) is 1. The lowest BCUT2D eigenvalue weighted by Crippen LogP contribution is -2.11. The van der Waals surface area contributed by atoms with E-state index < -0.39 is 0 Å². The lowest BCUT2D eigenvalue weighted by Gasteiger charge is -2.10. The molecule has 1 aromatic heterocycles. The zero-order valence-corrected chi connectivity index (χ0v) is 21.1. The summed E-state index contributed by atoms with van der Waals surface area (Å²) in [5.41, 5.74) is 3.09. The second-order valence-corrected chi connectivity index (χ2v) is 8.83. The quantitative estimate of drug-likeness (QED) is 0.212. The van der Waals surface area contributed by atoms with Crippen molar-refractivity contribution in [1.82, 2.24) is 14.9 Å². The highest BCUT2D eigenvalue weighted by atomic mass is 35.5. The molecule has 4 rings (SSSR count). The van der Waals surface area contributed by atoms with E-state index in [4.69, 9.17) is 26.1 Å². The van der Waals surface area contributed by atoms with Gasteiger partial charge in [-0.1, -0.05) is 24.9 Å². The molecular formula is C29H32ClN3O2. The summed E-state index contributed by atoms with van der Waals surface area (Å²) in [5.74, 6) is 3.47. The maximum absolute atomic E-state index is 5.97. The molecule has 4 aromatic rings. The molecule has 0 aliphatic heterocycles. The average Bonchev–Trinajstić information content (AvgIpc) is 3.32. The minimum absolute atomic E-state index is 0.690. The van der Waals surface area contributed by atoms with Gasteiger partial charge in [0.05, 0.1) is 12.3 Å². The van der Waals surface area contributed by atoms with Crippen LogP contribution >= 0.6 is 11.6 Å². The predicted octanol–water partition coefficient (Wildman–Crippen LogP) is 7.32. The zero-order chi connectivity index (χ0) is 24.5. The van der Waals surface area contributed by atoms with E-state index in [0.717, 1.165) is 72.2 Å². The van der Waals surface area contributed by atoms with Crippen molar-refractivity contribution >= 4 is 11.6 Å². The first-order valence-corrected chi connectivity index (χ1v) is 12.5. The van der Waals surface area contributed by atoms with Gasteiger partial charge in [0.15, 0.2) is 0 Å². The predicted molar refractivity (Wildman–Crippen MR) is 143 cm³/mol. The van der Waals surface area contributed by atoms with Crippen molar-refractivity contribution in [2.45, 2.75) is 32.6 Å². The Balaban J connectivity index is 1.51. The number of nitrogens with zero attached hydrogens (tertiary/aromatic N) is 2. The molecule has 0 unspecified atom stereocenters. The number of rotatable bonds is 12. The molecule has 1 heterocycles. The fourth-order valence-corrected chi connectivity index (χ4v) is 3.89. The highest BCUT2D eigenvalue weighted by Gasteiger charge is 2.12. The molecule has 0 radical (unpaired) electrons. The Morgan fingerprint density at radius 2 is 1.51 bits per heavy atom. The average molecular weight is 490 g/mol. The van der Waals surface area contributed by atoms with Crippen LogP contribution in [0.15, 0.2) is 79.0 Å². The molecular weight excluding hydrogens is 458 g/mol. The van der Waals surface area contributed by atoms with Crippen LogP contribution < -0.4 is 14.8 Å². The van der Waals surface area contributed by atoms with Crippen LogP contribution in [0, 0.1) is 0 Å². The summed E-state index contributed by atoms with van der Waals surface area (Å²) in [6.45, 7) is 3.85. The van der Waals surface area contributed by atoms with Crippen molar-refractivity contribution in [1.29, 1.82) is 0 Å². The van der Waals surface area contributed by atoms with Gasteiger partial charge in [-0.25, -0.2) is 4.98 Å². The van der Waals surface area contributed by atoms with Crippen LogP contribution in [0.2, 0.25) is 5.02 Å². The maximum atomic E-state index is 5.97. The molecule has 0 saturated carbocycles. The lowest BCUT2D eigenvalue weighted by molar-refractivity contribution is 0.310. The van der Waals surface area contributed by atoms with Crippen LogP contribution in [0.4, 0.5) is 0 Å². The molecule has 5 nitrogen and oxygen atoms in total. The van der Waals surface area contributed by atoms with E-state index in [2.05, 4.69) is 47.3 Å². The second-order valence-electron chi connectivity index (χ2n) is 8.40. The Kier molecular flexibility index (Phi) is 8.82. The molecule has 182 valence electrons. The van der Waals surface area contributed by atoms with Gasteiger partial charge in [0.2, 0.25) is 0 Å². The normalized spacial score (nSPS) is 10.9. The highest BCUT2D eigenvalue weighted by Crippen LogP contribution is 2.27. The van der Waals surface area contributed by atoms with E-state index in [-0.39, 0.29) is 0 Å². The number of ether oxygens (including phenoxy) is 2. The summed E-state index contributed by atoms with van der Waals surface area (Å²) in [6.07, 6.45) is 6.23. The first-order valence-electron chi connectivity index (χ1n) is 12.2. The van der Waals surface area contributed by atoms with Crippen LogP contribution in [0.25, 0.3) is 16.9 Å². The van der Waals surface area contributed by atoms with Gasteiger partial charge in [0.1, 0.15) is 23.1 Å². The molecule has 0 amide bonds. The fourth-order valence-electron chi connectivity index (χ4n) is 3.77. The Hall–Kier alpha value is -3.28. The van der Waals surface area contributed by atoms with Gasteiger partial charge >= 0.3 is 0 Å². The molecule has 0 aliphatic carbocycles. The monoisotopic (exact) mass is 489 g/mol. The third kappa shape index (κ3) is 6.87. The lowest BCUT2D eigenvalue weighted by atomic mass is 10.1. The Morgan fingerprint density at radius 3 is 2.17 bits per heavy atom. The molecule has 6 heteroatoms. The molecule has 0 saturated heterocycles. The number of unbranched alkanes of at least 4 members (excludes halogenated alkanes) is 1. The van der Waals surface area contributed by atoms with Crippen LogP contribution in [0.1, 0.15) is 32.0 Å². The standard InChI is InChI=1S/C29H32ClN3O2/c1-3-4-6-29-32-28(22-7-13-25(14-8-22)34-20-5-19-31-2)21-33(29)24-11-17-27(18-12-24)35-26-15-9-23(30)10-16-26/h7-18,21,31H,3-6,19-20H2,1-2H3. The molecule has 35 heavy (non-hydrogen) atoms. The van der Waals surface area contributed by atoms with Gasteiger partial charge in [-0.2, -0.15) is 0 Å². The number of halogens is 1. The van der Waals surface area contributed by atoms with Crippen LogP contribution in [-0.4, -0.2) is 29.8 Å². The van der Waals surface area contributed by atoms with Crippen LogP contribution in [-0.2, 0) is 6.42 Å². The van der Waals surface area contributed by atoms with E-state index in [1.165, 1.54) is 0 Å². The van der Waals surface area contributed by atoms with Crippen molar-refractivity contribution in [3.05, 3.63) is 89.8 Å². The largest absolute Gasteiger partial charge is 0.494 e. The summed E-state index contributed by atoms with van der Waals surface area (Å²) in [4.78, 5) is 4.98. The zero-order valence-electron chi connectivity index (χ0n) is 20.3. The van der Waals surface area contributed by atoms with Gasteiger partial charge in [0, 0.05) is 28.9 Å². The number of aromatic nitrogens is 2. The van der Waals surface area contributed by atoms with Crippen molar-refractivity contribution < 1.29 is 9.47 Å². The molecule has 0 spiro atoms. The highest BCUT2D eigenvalue weighted by molar-refractivity contribution is 6.30. The van der Waals surface area contributed by atoms with Crippen LogP contribution in [0.5, 0.6) is 17.2 Å². The van der Waals surface area contributed by atoms with Gasteiger partial charge in [-0.3, -0.25) is 0 Å². The number of aryl methyl sites for hydroxylation is 1. The summed E-state index contributed by atoms with van der Waals surface area (Å²) in [6, 6.07) is 23.6. The Bertz CT molecular complexity index is 1190. The van der Waals surface area contributed by atoms with Crippen molar-refractivity contribution in [3.63, 3.8) is 0 Å². The Morgan fingerprint density at radius 1 is 0.857 bits per heavy atom. The van der Waals surface area contributed by atoms with E-state index in [9.17, 15) is 0 Å². The first-order chi connectivity index (χ1) is 17.2. The van der Waals surface area contributed by atoms with Gasteiger partial charge in [0.25, 0.3) is 0 Å². The second kappa shape index (κ2) is 12.4.